The third-order valence-electron chi connectivity index (χ3n) is 4.46. The van der Waals surface area contributed by atoms with Crippen LogP contribution in [0.4, 0.5) is 13.2 Å². The molecule has 1 aliphatic heterocycles. The molecule has 0 aromatic heterocycles. The first-order valence-electron chi connectivity index (χ1n) is 9.93. The van der Waals surface area contributed by atoms with Crippen LogP contribution in [-0.2, 0) is 25.6 Å². The minimum Gasteiger partial charge on any atom is -0.481 e. The number of hydroxylamine groups is 2. The number of aliphatic hydroxyl groups excluding tert-OH is 1. The van der Waals surface area contributed by atoms with Gasteiger partial charge in [-0.15, -0.1) is 12.8 Å². The van der Waals surface area contributed by atoms with E-state index in [1.807, 2.05) is 0 Å². The fraction of sp³-hybridized carbons (Fsp3) is 0.409. The molecule has 1 heterocycles. The van der Waals surface area contributed by atoms with Gasteiger partial charge in [0.1, 0.15) is 24.7 Å². The van der Waals surface area contributed by atoms with E-state index in [4.69, 9.17) is 27.2 Å². The maximum Gasteiger partial charge on any atom is 0.471 e. The second-order valence-electron chi connectivity index (χ2n) is 6.88. The van der Waals surface area contributed by atoms with Crippen molar-refractivity contribution in [2.24, 2.45) is 0 Å². The summed E-state index contributed by atoms with van der Waals surface area (Å²) in [5, 5.41) is 12.7. The quantitative estimate of drug-likeness (QED) is 0.212. The third kappa shape index (κ3) is 7.13. The number of carbonyl (C=O) groups is 3. The number of nitrogens with zero attached hydrogens (tertiary/aromatic N) is 1. The standard InChI is InChI=1S/C22H21F3N2O7/c1-3-10-32-16-12-14(20(30)34-27-18(28)7-8-19(27)29)13-17(33-11-4-2)15(16)6-5-9-26-21(31)22(23,24)25/h1-2,12-13,20,30H,5-11H2,(H,26,31). The van der Waals surface area contributed by atoms with Crippen molar-refractivity contribution >= 4 is 17.7 Å². The van der Waals surface area contributed by atoms with Crippen LogP contribution in [0.2, 0.25) is 0 Å². The van der Waals surface area contributed by atoms with Crippen LogP contribution in [0.1, 0.15) is 36.7 Å². The highest BCUT2D eigenvalue weighted by Crippen LogP contribution is 2.35. The Bertz CT molecular complexity index is 956. The van der Waals surface area contributed by atoms with E-state index in [-0.39, 0.29) is 62.5 Å². The summed E-state index contributed by atoms with van der Waals surface area (Å²) in [5.41, 5.74) is 0.386. The molecule has 1 aromatic rings. The number of terminal acetylenes is 2. The van der Waals surface area contributed by atoms with Crippen molar-refractivity contribution < 1.29 is 47.0 Å². The van der Waals surface area contributed by atoms with Crippen molar-refractivity contribution in [3.8, 4) is 36.2 Å². The second-order valence-corrected chi connectivity index (χ2v) is 6.88. The molecule has 34 heavy (non-hydrogen) atoms. The van der Waals surface area contributed by atoms with Gasteiger partial charge in [-0.05, 0) is 25.0 Å². The number of imide groups is 1. The normalized spacial score (nSPS) is 14.4. The van der Waals surface area contributed by atoms with Crippen LogP contribution in [0.3, 0.4) is 0 Å². The molecule has 1 atom stereocenters. The van der Waals surface area contributed by atoms with Gasteiger partial charge in [0.25, 0.3) is 11.8 Å². The lowest BCUT2D eigenvalue weighted by Gasteiger charge is -2.21. The molecule has 12 heteroatoms. The first kappa shape index (κ1) is 26.5. The maximum atomic E-state index is 12.3. The van der Waals surface area contributed by atoms with Crippen LogP contribution in [0.5, 0.6) is 11.5 Å². The van der Waals surface area contributed by atoms with Crippen LogP contribution < -0.4 is 14.8 Å². The van der Waals surface area contributed by atoms with Crippen LogP contribution in [0.25, 0.3) is 0 Å². The number of aliphatic hydroxyl groups is 1. The van der Waals surface area contributed by atoms with Crippen molar-refractivity contribution in [3.05, 3.63) is 23.3 Å². The first-order chi connectivity index (χ1) is 16.1. The molecule has 0 aliphatic carbocycles. The molecular formula is C22H21F3N2O7. The lowest BCUT2D eigenvalue weighted by molar-refractivity contribution is -0.247. The maximum absolute atomic E-state index is 12.3. The number of alkyl halides is 3. The summed E-state index contributed by atoms with van der Waals surface area (Å²) in [6.07, 6.45) is 3.74. The van der Waals surface area contributed by atoms with Crippen LogP contribution >= 0.6 is 0 Å². The Balaban J connectivity index is 2.27. The SMILES string of the molecule is C#CCOc1cc(C(O)ON2C(=O)CCC2=O)cc(OCC#C)c1CCCNC(=O)C(F)(F)F. The number of nitrogens with one attached hydrogen (secondary N) is 1. The summed E-state index contributed by atoms with van der Waals surface area (Å²) in [4.78, 5) is 39.6. The lowest BCUT2D eigenvalue weighted by atomic mass is 10.0. The molecule has 1 aromatic carbocycles. The Kier molecular flexibility index (Phi) is 9.30. The van der Waals surface area contributed by atoms with E-state index in [1.54, 1.807) is 5.32 Å². The lowest BCUT2D eigenvalue weighted by Crippen LogP contribution is -2.37. The molecule has 182 valence electrons. The molecule has 1 saturated heterocycles. The molecule has 2 rings (SSSR count). The molecule has 3 amide bonds. The first-order valence-corrected chi connectivity index (χ1v) is 9.93. The van der Waals surface area contributed by atoms with Gasteiger partial charge in [-0.3, -0.25) is 14.4 Å². The molecule has 2 N–H and O–H groups in total. The molecule has 1 aliphatic rings. The number of amides is 3. The van der Waals surface area contributed by atoms with E-state index in [0.717, 1.165) is 0 Å². The zero-order valence-electron chi connectivity index (χ0n) is 17.8. The fourth-order valence-corrected chi connectivity index (χ4v) is 2.93. The van der Waals surface area contributed by atoms with E-state index < -0.39 is 30.2 Å². The molecule has 1 fully saturated rings. The van der Waals surface area contributed by atoms with E-state index >= 15 is 0 Å². The number of rotatable bonds is 11. The van der Waals surface area contributed by atoms with Crippen LogP contribution in [0.15, 0.2) is 12.1 Å². The third-order valence-corrected chi connectivity index (χ3v) is 4.46. The van der Waals surface area contributed by atoms with Gasteiger partial charge < -0.3 is 19.9 Å². The molecule has 0 spiro atoms. The number of benzene rings is 1. The monoisotopic (exact) mass is 482 g/mol. The number of hydrogen-bond donors (Lipinski definition) is 2. The van der Waals surface area contributed by atoms with Gasteiger partial charge >= 0.3 is 12.1 Å². The van der Waals surface area contributed by atoms with Crippen molar-refractivity contribution in [2.45, 2.75) is 38.1 Å². The Labute approximate surface area is 193 Å². The molecule has 0 saturated carbocycles. The van der Waals surface area contributed by atoms with Gasteiger partial charge in [-0.25, -0.2) is 4.84 Å². The fourth-order valence-electron chi connectivity index (χ4n) is 2.93. The van der Waals surface area contributed by atoms with Crippen molar-refractivity contribution in [2.75, 3.05) is 19.8 Å². The Morgan fingerprint density at radius 1 is 1.12 bits per heavy atom. The van der Waals surface area contributed by atoms with Gasteiger partial charge in [0, 0.05) is 30.5 Å². The van der Waals surface area contributed by atoms with Gasteiger partial charge in [-0.1, -0.05) is 11.8 Å². The van der Waals surface area contributed by atoms with Gasteiger partial charge in [-0.2, -0.15) is 18.2 Å². The summed E-state index contributed by atoms with van der Waals surface area (Å²) in [7, 11) is 0. The van der Waals surface area contributed by atoms with E-state index in [1.165, 1.54) is 12.1 Å². The summed E-state index contributed by atoms with van der Waals surface area (Å²) in [6, 6.07) is 2.64. The van der Waals surface area contributed by atoms with Gasteiger partial charge in [0.15, 0.2) is 0 Å². The van der Waals surface area contributed by atoms with Crippen LogP contribution in [0, 0.1) is 24.7 Å². The molecule has 9 nitrogen and oxygen atoms in total. The van der Waals surface area contributed by atoms with Crippen molar-refractivity contribution in [1.29, 1.82) is 0 Å². The number of hydrogen-bond acceptors (Lipinski definition) is 7. The average Bonchev–Trinajstić information content (AvgIpc) is 3.10. The van der Waals surface area contributed by atoms with E-state index in [9.17, 15) is 32.7 Å². The summed E-state index contributed by atoms with van der Waals surface area (Å²) in [5.74, 6) is 1.42. The second kappa shape index (κ2) is 11.9. The molecule has 0 bridgehead atoms. The minimum absolute atomic E-state index is 0.0284. The largest absolute Gasteiger partial charge is 0.481 e. The zero-order chi connectivity index (χ0) is 25.3. The predicted molar refractivity (Wildman–Crippen MR) is 110 cm³/mol. The predicted octanol–water partition coefficient (Wildman–Crippen LogP) is 1.39. The molecule has 1 unspecified atom stereocenters. The van der Waals surface area contributed by atoms with Crippen molar-refractivity contribution in [3.63, 3.8) is 0 Å². The smallest absolute Gasteiger partial charge is 0.471 e. The van der Waals surface area contributed by atoms with Gasteiger partial charge in [0.05, 0.1) is 0 Å². The highest BCUT2D eigenvalue weighted by atomic mass is 19.4. The Morgan fingerprint density at radius 2 is 1.65 bits per heavy atom. The van der Waals surface area contributed by atoms with Crippen LogP contribution in [-0.4, -0.2) is 53.8 Å². The summed E-state index contributed by atoms with van der Waals surface area (Å²) < 4.78 is 48.0. The highest BCUT2D eigenvalue weighted by molar-refractivity contribution is 6.00. The Hall–Kier alpha value is -3.74. The summed E-state index contributed by atoms with van der Waals surface area (Å²) >= 11 is 0. The van der Waals surface area contributed by atoms with E-state index in [0.29, 0.717) is 10.6 Å². The average molecular weight is 482 g/mol. The Morgan fingerprint density at radius 3 is 2.12 bits per heavy atom. The zero-order valence-corrected chi connectivity index (χ0v) is 17.8. The molecule has 0 radical (unpaired) electrons. The molecular weight excluding hydrogens is 461 g/mol. The number of ether oxygens (including phenoxy) is 2. The summed E-state index contributed by atoms with van der Waals surface area (Å²) in [6.45, 7) is -0.694. The highest BCUT2D eigenvalue weighted by Gasteiger charge is 2.38. The number of halogens is 3. The van der Waals surface area contributed by atoms with Gasteiger partial charge in [0.2, 0.25) is 6.29 Å². The minimum atomic E-state index is -5.00. The number of carbonyl (C=O) groups excluding carboxylic acids is 3. The van der Waals surface area contributed by atoms with E-state index in [2.05, 4.69) is 11.8 Å². The van der Waals surface area contributed by atoms with Crippen molar-refractivity contribution in [1.82, 2.24) is 10.4 Å². The topological polar surface area (TPSA) is 114 Å².